The van der Waals surface area contributed by atoms with Gasteiger partial charge in [-0.3, -0.25) is 5.43 Å². The van der Waals surface area contributed by atoms with E-state index in [-0.39, 0.29) is 0 Å². The Labute approximate surface area is 98.4 Å². The lowest BCUT2D eigenvalue weighted by atomic mass is 9.74. The largest absolute Gasteiger partial charge is 0.260 e. The van der Waals surface area contributed by atoms with Crippen molar-refractivity contribution in [2.45, 2.75) is 12.8 Å². The number of allylic oxidation sites excluding steroid dienone is 2. The summed E-state index contributed by atoms with van der Waals surface area (Å²) in [5.41, 5.74) is 4.14. The number of hydrogen-bond donors (Lipinski definition) is 1. The maximum Gasteiger partial charge on any atom is 0.168 e. The molecule has 0 bridgehead atoms. The average Bonchev–Trinajstić information content (AvgIpc) is 2.63. The Kier molecular flexibility index (Phi) is 2.36. The van der Waals surface area contributed by atoms with Gasteiger partial charge in [0.15, 0.2) is 11.0 Å². The van der Waals surface area contributed by atoms with Gasteiger partial charge in [-0.2, -0.15) is 5.10 Å². The first-order valence-corrected chi connectivity index (χ1v) is 5.69. The summed E-state index contributed by atoms with van der Waals surface area (Å²) in [5, 5.41) is 12.4. The molecule has 2 unspecified atom stereocenters. The zero-order valence-electron chi connectivity index (χ0n) is 8.60. The molecule has 0 aromatic carbocycles. The molecule has 3 rings (SSSR count). The highest BCUT2D eigenvalue weighted by molar-refractivity contribution is 6.29. The topological polar surface area (TPSA) is 50.2 Å². The lowest BCUT2D eigenvalue weighted by molar-refractivity contribution is 0.466. The van der Waals surface area contributed by atoms with Gasteiger partial charge in [-0.1, -0.05) is 23.8 Å². The molecule has 2 aliphatic carbocycles. The van der Waals surface area contributed by atoms with Gasteiger partial charge in [0.05, 0.1) is 0 Å². The zero-order valence-corrected chi connectivity index (χ0v) is 9.35. The zero-order chi connectivity index (χ0) is 11.0. The SMILES string of the molecule is Clc1ccc(N/N=C2\CC3C=CCC23)nn1. The van der Waals surface area contributed by atoms with Gasteiger partial charge in [0, 0.05) is 11.6 Å². The molecule has 1 saturated carbocycles. The summed E-state index contributed by atoms with van der Waals surface area (Å²) in [4.78, 5) is 0. The fourth-order valence-electron chi connectivity index (χ4n) is 2.17. The normalized spacial score (nSPS) is 28.9. The molecule has 1 fully saturated rings. The average molecular weight is 235 g/mol. The third-order valence-corrected chi connectivity index (χ3v) is 3.31. The maximum atomic E-state index is 5.64. The van der Waals surface area contributed by atoms with E-state index in [1.54, 1.807) is 12.1 Å². The van der Waals surface area contributed by atoms with Crippen LogP contribution in [0.2, 0.25) is 5.15 Å². The molecule has 82 valence electrons. The first-order valence-electron chi connectivity index (χ1n) is 5.31. The Morgan fingerprint density at radius 2 is 2.31 bits per heavy atom. The van der Waals surface area contributed by atoms with E-state index in [4.69, 9.17) is 11.6 Å². The predicted molar refractivity (Wildman–Crippen MR) is 63.5 cm³/mol. The Bertz CT molecular complexity index is 452. The van der Waals surface area contributed by atoms with E-state index >= 15 is 0 Å². The van der Waals surface area contributed by atoms with Gasteiger partial charge in [0.2, 0.25) is 0 Å². The number of nitrogens with one attached hydrogen (secondary N) is 1. The number of aromatic nitrogens is 2. The van der Waals surface area contributed by atoms with Crippen molar-refractivity contribution in [1.29, 1.82) is 0 Å². The minimum Gasteiger partial charge on any atom is -0.260 e. The van der Waals surface area contributed by atoms with Crippen LogP contribution in [0.5, 0.6) is 0 Å². The lowest BCUT2D eigenvalue weighted by Gasteiger charge is -2.31. The van der Waals surface area contributed by atoms with E-state index in [9.17, 15) is 0 Å². The molecule has 0 saturated heterocycles. The molecule has 0 spiro atoms. The second kappa shape index (κ2) is 3.87. The quantitative estimate of drug-likeness (QED) is 0.632. The number of hydrazone groups is 1. The molecule has 4 nitrogen and oxygen atoms in total. The molecular weight excluding hydrogens is 224 g/mol. The summed E-state index contributed by atoms with van der Waals surface area (Å²) in [6, 6.07) is 3.46. The molecule has 1 aromatic rings. The van der Waals surface area contributed by atoms with Crippen LogP contribution in [-0.2, 0) is 0 Å². The summed E-state index contributed by atoms with van der Waals surface area (Å²) >= 11 is 5.64. The summed E-state index contributed by atoms with van der Waals surface area (Å²) in [6.07, 6.45) is 6.71. The Hall–Kier alpha value is -1.42. The van der Waals surface area contributed by atoms with E-state index in [2.05, 4.69) is 32.9 Å². The standard InChI is InChI=1S/C11H11ClN4/c12-10-4-5-11(16-14-10)15-13-9-6-7-2-1-3-8(7)9/h1-2,4-5,7-8H,3,6H2,(H,15,16)/b13-9+. The van der Waals surface area contributed by atoms with E-state index in [0.29, 0.717) is 16.9 Å². The van der Waals surface area contributed by atoms with Gasteiger partial charge < -0.3 is 0 Å². The minimum atomic E-state index is 0.391. The van der Waals surface area contributed by atoms with Crippen LogP contribution in [-0.4, -0.2) is 15.9 Å². The van der Waals surface area contributed by atoms with Crippen LogP contribution < -0.4 is 5.43 Å². The van der Waals surface area contributed by atoms with E-state index in [0.717, 1.165) is 18.8 Å². The number of fused-ring (bicyclic) bond motifs is 1. The monoisotopic (exact) mass is 234 g/mol. The number of nitrogens with zero attached hydrogens (tertiary/aromatic N) is 3. The fourth-order valence-corrected chi connectivity index (χ4v) is 2.27. The molecule has 0 aliphatic heterocycles. The van der Waals surface area contributed by atoms with Gasteiger partial charge in [0.25, 0.3) is 0 Å². The van der Waals surface area contributed by atoms with Crippen molar-refractivity contribution in [3.05, 3.63) is 29.4 Å². The van der Waals surface area contributed by atoms with Crippen molar-refractivity contribution in [3.8, 4) is 0 Å². The number of anilines is 1. The highest BCUT2D eigenvalue weighted by atomic mass is 35.5. The smallest absolute Gasteiger partial charge is 0.168 e. The molecule has 16 heavy (non-hydrogen) atoms. The van der Waals surface area contributed by atoms with Crippen molar-refractivity contribution in [3.63, 3.8) is 0 Å². The van der Waals surface area contributed by atoms with Gasteiger partial charge in [-0.25, -0.2) is 0 Å². The molecule has 0 amide bonds. The Morgan fingerprint density at radius 3 is 3.06 bits per heavy atom. The van der Waals surface area contributed by atoms with Gasteiger partial charge in [-0.05, 0) is 30.9 Å². The van der Waals surface area contributed by atoms with E-state index in [1.807, 2.05) is 0 Å². The van der Waals surface area contributed by atoms with Crippen LogP contribution >= 0.6 is 11.6 Å². The van der Waals surface area contributed by atoms with Crippen molar-refractivity contribution in [2.24, 2.45) is 16.9 Å². The van der Waals surface area contributed by atoms with Crippen LogP contribution in [0.1, 0.15) is 12.8 Å². The highest BCUT2D eigenvalue weighted by Gasteiger charge is 2.37. The maximum absolute atomic E-state index is 5.64. The molecule has 0 radical (unpaired) electrons. The molecule has 1 N–H and O–H groups in total. The fraction of sp³-hybridized carbons (Fsp3) is 0.364. The number of halogens is 1. The van der Waals surface area contributed by atoms with Crippen molar-refractivity contribution >= 4 is 23.1 Å². The molecular formula is C11H11ClN4. The summed E-state index contributed by atoms with van der Waals surface area (Å²) in [6.45, 7) is 0. The number of hydrogen-bond acceptors (Lipinski definition) is 4. The van der Waals surface area contributed by atoms with Gasteiger partial charge in [-0.15, -0.1) is 10.2 Å². The van der Waals surface area contributed by atoms with Crippen molar-refractivity contribution in [1.82, 2.24) is 10.2 Å². The van der Waals surface area contributed by atoms with Crippen molar-refractivity contribution in [2.75, 3.05) is 5.43 Å². The third kappa shape index (κ3) is 1.69. The first kappa shape index (κ1) is 9.78. The van der Waals surface area contributed by atoms with Gasteiger partial charge >= 0.3 is 0 Å². The third-order valence-electron chi connectivity index (χ3n) is 3.11. The minimum absolute atomic E-state index is 0.391. The second-order valence-electron chi connectivity index (χ2n) is 4.09. The Morgan fingerprint density at radius 1 is 1.38 bits per heavy atom. The molecule has 2 atom stereocenters. The summed E-state index contributed by atoms with van der Waals surface area (Å²) in [5.74, 6) is 1.97. The van der Waals surface area contributed by atoms with Crippen LogP contribution in [0.15, 0.2) is 29.4 Å². The highest BCUT2D eigenvalue weighted by Crippen LogP contribution is 2.40. The second-order valence-corrected chi connectivity index (χ2v) is 4.48. The molecule has 1 heterocycles. The van der Waals surface area contributed by atoms with Crippen LogP contribution in [0.3, 0.4) is 0 Å². The molecule has 1 aromatic heterocycles. The molecule has 2 aliphatic rings. The van der Waals surface area contributed by atoms with Crippen molar-refractivity contribution < 1.29 is 0 Å². The first-order chi connectivity index (χ1) is 7.83. The van der Waals surface area contributed by atoms with E-state index in [1.165, 1.54) is 5.71 Å². The summed E-state index contributed by atoms with van der Waals surface area (Å²) < 4.78 is 0. The Balaban J connectivity index is 1.64. The van der Waals surface area contributed by atoms with Crippen LogP contribution in [0.4, 0.5) is 5.82 Å². The van der Waals surface area contributed by atoms with Gasteiger partial charge in [0.1, 0.15) is 0 Å². The van der Waals surface area contributed by atoms with E-state index < -0.39 is 0 Å². The van der Waals surface area contributed by atoms with Crippen LogP contribution in [0, 0.1) is 11.8 Å². The molecule has 5 heteroatoms. The predicted octanol–water partition coefficient (Wildman–Crippen LogP) is 2.49. The van der Waals surface area contributed by atoms with Crippen LogP contribution in [0.25, 0.3) is 0 Å². The summed E-state index contributed by atoms with van der Waals surface area (Å²) in [7, 11) is 0. The lowest BCUT2D eigenvalue weighted by Crippen LogP contribution is -2.33. The number of rotatable bonds is 2.